The maximum Gasteiger partial charge on any atom is 0.365 e. The van der Waals surface area contributed by atoms with Gasteiger partial charge in [-0.2, -0.15) is 23.7 Å². The minimum Gasteiger partial charge on any atom is -0.347 e. The van der Waals surface area contributed by atoms with E-state index in [1.54, 1.807) is 19.0 Å². The molecule has 1 aromatic heterocycles. The van der Waals surface area contributed by atoms with Crippen molar-refractivity contribution in [2.45, 2.75) is 6.61 Å². The molecule has 0 saturated heterocycles. The Hall–Kier alpha value is -1.28. The van der Waals surface area contributed by atoms with Crippen molar-refractivity contribution in [1.29, 1.82) is 0 Å². The van der Waals surface area contributed by atoms with Gasteiger partial charge in [-0.3, -0.25) is 0 Å². The second kappa shape index (κ2) is 5.17. The zero-order valence-electron chi connectivity index (χ0n) is 8.86. The standard InChI is InChI=1S/C7H10ClF2N5O/c1-14(2)6-11-4(8)12-7(13-6)15(3)16-5(9)10/h5H,1-3H3. The van der Waals surface area contributed by atoms with Crippen LogP contribution >= 0.6 is 11.6 Å². The molecule has 90 valence electrons. The monoisotopic (exact) mass is 253 g/mol. The van der Waals surface area contributed by atoms with Crippen LogP contribution in [0.2, 0.25) is 5.28 Å². The van der Waals surface area contributed by atoms with Gasteiger partial charge in [0.2, 0.25) is 11.2 Å². The van der Waals surface area contributed by atoms with E-state index in [1.807, 2.05) is 0 Å². The summed E-state index contributed by atoms with van der Waals surface area (Å²) in [5.74, 6) is 0.156. The molecule has 0 aromatic carbocycles. The molecule has 0 saturated carbocycles. The highest BCUT2D eigenvalue weighted by molar-refractivity contribution is 6.28. The van der Waals surface area contributed by atoms with E-state index in [9.17, 15) is 8.78 Å². The van der Waals surface area contributed by atoms with E-state index in [0.717, 1.165) is 5.06 Å². The molecule has 0 N–H and O–H groups in total. The summed E-state index contributed by atoms with van der Waals surface area (Å²) < 4.78 is 23.9. The predicted molar refractivity (Wildman–Crippen MR) is 54.7 cm³/mol. The van der Waals surface area contributed by atoms with Gasteiger partial charge in [0.05, 0.1) is 0 Å². The molecule has 0 atom stereocenters. The van der Waals surface area contributed by atoms with Crippen molar-refractivity contribution < 1.29 is 13.6 Å². The second-order valence-electron chi connectivity index (χ2n) is 2.96. The molecule has 1 rings (SSSR count). The molecule has 0 unspecified atom stereocenters. The molecule has 9 heteroatoms. The Morgan fingerprint density at radius 1 is 1.12 bits per heavy atom. The molecular weight excluding hydrogens is 244 g/mol. The van der Waals surface area contributed by atoms with Gasteiger partial charge in [0.1, 0.15) is 0 Å². The van der Waals surface area contributed by atoms with Crippen molar-refractivity contribution in [2.24, 2.45) is 0 Å². The Labute approximate surface area is 95.8 Å². The topological polar surface area (TPSA) is 54.4 Å². The van der Waals surface area contributed by atoms with E-state index in [1.165, 1.54) is 7.05 Å². The van der Waals surface area contributed by atoms with E-state index in [0.29, 0.717) is 0 Å². The zero-order valence-corrected chi connectivity index (χ0v) is 9.61. The van der Waals surface area contributed by atoms with Crippen LogP contribution in [0.4, 0.5) is 20.7 Å². The molecule has 0 fully saturated rings. The van der Waals surface area contributed by atoms with Gasteiger partial charge in [0.25, 0.3) is 5.95 Å². The molecule has 0 radical (unpaired) electrons. The minimum atomic E-state index is -2.96. The van der Waals surface area contributed by atoms with Crippen molar-refractivity contribution in [2.75, 3.05) is 31.1 Å². The predicted octanol–water partition coefficient (Wildman–Crippen LogP) is 1.18. The van der Waals surface area contributed by atoms with Gasteiger partial charge in [-0.25, -0.2) is 9.90 Å². The first-order chi connectivity index (χ1) is 7.40. The van der Waals surface area contributed by atoms with Crippen LogP contribution in [-0.2, 0) is 4.84 Å². The van der Waals surface area contributed by atoms with Crippen molar-refractivity contribution in [3.05, 3.63) is 5.28 Å². The van der Waals surface area contributed by atoms with Crippen LogP contribution in [-0.4, -0.2) is 42.7 Å². The summed E-state index contributed by atoms with van der Waals surface area (Å²) in [7, 11) is 4.62. The number of hydrogen-bond donors (Lipinski definition) is 0. The van der Waals surface area contributed by atoms with Gasteiger partial charge in [-0.15, -0.1) is 0 Å². The first-order valence-electron chi connectivity index (χ1n) is 4.17. The van der Waals surface area contributed by atoms with E-state index in [4.69, 9.17) is 11.6 Å². The van der Waals surface area contributed by atoms with Gasteiger partial charge in [-0.1, -0.05) is 0 Å². The van der Waals surface area contributed by atoms with Crippen LogP contribution in [0.1, 0.15) is 0 Å². The lowest BCUT2D eigenvalue weighted by Crippen LogP contribution is -2.24. The fourth-order valence-electron chi connectivity index (χ4n) is 0.837. The lowest BCUT2D eigenvalue weighted by Gasteiger charge is -2.17. The van der Waals surface area contributed by atoms with E-state index < -0.39 is 6.61 Å². The van der Waals surface area contributed by atoms with Gasteiger partial charge >= 0.3 is 6.61 Å². The van der Waals surface area contributed by atoms with Crippen LogP contribution in [0.5, 0.6) is 0 Å². The van der Waals surface area contributed by atoms with Crippen LogP contribution < -0.4 is 9.96 Å². The van der Waals surface area contributed by atoms with Gasteiger partial charge < -0.3 is 4.90 Å². The average molecular weight is 254 g/mol. The number of hydrogen-bond acceptors (Lipinski definition) is 6. The Balaban J connectivity index is 2.95. The smallest absolute Gasteiger partial charge is 0.347 e. The van der Waals surface area contributed by atoms with Crippen molar-refractivity contribution >= 4 is 23.5 Å². The molecule has 0 amide bonds. The highest BCUT2D eigenvalue weighted by Gasteiger charge is 2.14. The summed E-state index contributed by atoms with van der Waals surface area (Å²) in [4.78, 5) is 17.0. The maximum atomic E-state index is 12.0. The Kier molecular flexibility index (Phi) is 4.13. The molecule has 16 heavy (non-hydrogen) atoms. The molecular formula is C7H10ClF2N5O. The first kappa shape index (κ1) is 12.8. The number of nitrogens with zero attached hydrogens (tertiary/aromatic N) is 5. The number of hydroxylamine groups is 1. The summed E-state index contributed by atoms with van der Waals surface area (Å²) in [5.41, 5.74) is 0. The molecule has 6 nitrogen and oxygen atoms in total. The minimum absolute atomic E-state index is 0.0935. The SMILES string of the molecule is CN(C)c1nc(Cl)nc(N(C)OC(F)F)n1. The lowest BCUT2D eigenvalue weighted by atomic mass is 10.8. The summed E-state index contributed by atoms with van der Waals surface area (Å²) in [6, 6.07) is 0. The number of aromatic nitrogens is 3. The summed E-state index contributed by atoms with van der Waals surface area (Å²) in [5, 5.41) is 0.629. The third-order valence-electron chi connectivity index (χ3n) is 1.50. The van der Waals surface area contributed by atoms with Gasteiger partial charge in [0, 0.05) is 21.1 Å². The molecule has 0 aliphatic carbocycles. The Bertz CT molecular complexity index is 365. The highest BCUT2D eigenvalue weighted by atomic mass is 35.5. The third-order valence-corrected chi connectivity index (χ3v) is 1.67. The van der Waals surface area contributed by atoms with Gasteiger partial charge in [0.15, 0.2) is 0 Å². The Morgan fingerprint density at radius 3 is 2.19 bits per heavy atom. The Morgan fingerprint density at radius 2 is 1.69 bits per heavy atom. The molecule has 0 bridgehead atoms. The quantitative estimate of drug-likeness (QED) is 0.751. The van der Waals surface area contributed by atoms with Crippen molar-refractivity contribution in [1.82, 2.24) is 15.0 Å². The third kappa shape index (κ3) is 3.38. The van der Waals surface area contributed by atoms with Gasteiger partial charge in [-0.05, 0) is 11.6 Å². The summed E-state index contributed by atoms with van der Waals surface area (Å²) >= 11 is 5.62. The lowest BCUT2D eigenvalue weighted by molar-refractivity contribution is -0.136. The van der Waals surface area contributed by atoms with E-state index in [-0.39, 0.29) is 17.2 Å². The highest BCUT2D eigenvalue weighted by Crippen LogP contribution is 2.15. The van der Waals surface area contributed by atoms with Crippen LogP contribution in [0.15, 0.2) is 0 Å². The normalized spacial score (nSPS) is 10.7. The number of rotatable bonds is 4. The second-order valence-corrected chi connectivity index (χ2v) is 3.30. The maximum absolute atomic E-state index is 12.0. The number of alkyl halides is 2. The van der Waals surface area contributed by atoms with E-state index >= 15 is 0 Å². The number of anilines is 2. The molecule has 1 aromatic rings. The molecule has 0 aliphatic rings. The first-order valence-corrected chi connectivity index (χ1v) is 4.55. The summed E-state index contributed by atoms with van der Waals surface area (Å²) in [6.45, 7) is -2.96. The van der Waals surface area contributed by atoms with Crippen LogP contribution in [0.3, 0.4) is 0 Å². The zero-order chi connectivity index (χ0) is 12.3. The largest absolute Gasteiger partial charge is 0.365 e. The fraction of sp³-hybridized carbons (Fsp3) is 0.571. The fourth-order valence-corrected chi connectivity index (χ4v) is 0.988. The van der Waals surface area contributed by atoms with Crippen LogP contribution in [0, 0.1) is 0 Å². The molecule has 0 aliphatic heterocycles. The van der Waals surface area contributed by atoms with Crippen molar-refractivity contribution in [3.8, 4) is 0 Å². The molecule has 1 heterocycles. The average Bonchev–Trinajstić information content (AvgIpc) is 2.15. The summed E-state index contributed by atoms with van der Waals surface area (Å²) in [6.07, 6.45) is 0. The molecule has 0 spiro atoms. The van der Waals surface area contributed by atoms with E-state index in [2.05, 4.69) is 19.8 Å². The number of halogens is 3. The van der Waals surface area contributed by atoms with Crippen molar-refractivity contribution in [3.63, 3.8) is 0 Å². The van der Waals surface area contributed by atoms with Crippen LogP contribution in [0.25, 0.3) is 0 Å².